The van der Waals surface area contributed by atoms with E-state index in [4.69, 9.17) is 11.6 Å². The Bertz CT molecular complexity index is 434. The van der Waals surface area contributed by atoms with Gasteiger partial charge in [0.25, 0.3) is 0 Å². The van der Waals surface area contributed by atoms with E-state index in [9.17, 15) is 0 Å². The van der Waals surface area contributed by atoms with Gasteiger partial charge in [0.2, 0.25) is 0 Å². The van der Waals surface area contributed by atoms with Crippen molar-refractivity contribution in [1.29, 1.82) is 0 Å². The molecule has 0 radical (unpaired) electrons. The number of hydrogen-bond acceptors (Lipinski definition) is 1. The first-order valence-corrected chi connectivity index (χ1v) is 4.84. The van der Waals surface area contributed by atoms with Crippen molar-refractivity contribution in [3.63, 3.8) is 0 Å². The van der Waals surface area contributed by atoms with Crippen molar-refractivity contribution >= 4 is 11.6 Å². The lowest BCUT2D eigenvalue weighted by Crippen LogP contribution is -1.89. The van der Waals surface area contributed by atoms with Gasteiger partial charge in [0, 0.05) is 24.7 Å². The molecule has 2 nitrogen and oxygen atoms in total. The van der Waals surface area contributed by atoms with E-state index < -0.39 is 0 Å². The maximum absolute atomic E-state index is 6.05. The zero-order chi connectivity index (χ0) is 9.97. The van der Waals surface area contributed by atoms with Crippen molar-refractivity contribution in [3.8, 4) is 0 Å². The van der Waals surface area contributed by atoms with Crippen LogP contribution in [-0.2, 0) is 13.5 Å². The number of rotatable bonds is 2. The van der Waals surface area contributed by atoms with Crippen LogP contribution in [0.1, 0.15) is 11.3 Å². The van der Waals surface area contributed by atoms with Gasteiger partial charge in [-0.25, -0.2) is 4.98 Å². The van der Waals surface area contributed by atoms with Crippen LogP contribution in [0.3, 0.4) is 0 Å². The highest BCUT2D eigenvalue weighted by Gasteiger charge is 2.02. The van der Waals surface area contributed by atoms with Gasteiger partial charge >= 0.3 is 0 Å². The summed E-state index contributed by atoms with van der Waals surface area (Å²) in [5, 5.41) is 0.804. The number of nitrogens with zero attached hydrogens (tertiary/aromatic N) is 2. The van der Waals surface area contributed by atoms with Gasteiger partial charge in [0.15, 0.2) is 0 Å². The average molecular weight is 207 g/mol. The van der Waals surface area contributed by atoms with Crippen molar-refractivity contribution in [2.45, 2.75) is 6.42 Å². The Morgan fingerprint density at radius 3 is 2.79 bits per heavy atom. The molecule has 2 rings (SSSR count). The van der Waals surface area contributed by atoms with Crippen LogP contribution in [0.2, 0.25) is 5.02 Å². The second-order valence-electron chi connectivity index (χ2n) is 3.30. The Balaban J connectivity index is 2.23. The van der Waals surface area contributed by atoms with Gasteiger partial charge in [-0.15, -0.1) is 0 Å². The molecule has 0 N–H and O–H groups in total. The second kappa shape index (κ2) is 3.84. The highest BCUT2D eigenvalue weighted by molar-refractivity contribution is 6.31. The van der Waals surface area contributed by atoms with Crippen LogP contribution >= 0.6 is 11.6 Å². The van der Waals surface area contributed by atoms with Crippen molar-refractivity contribution in [3.05, 3.63) is 53.1 Å². The van der Waals surface area contributed by atoms with Crippen LogP contribution in [0.15, 0.2) is 36.8 Å². The normalized spacial score (nSPS) is 10.4. The molecule has 0 fully saturated rings. The Morgan fingerprint density at radius 1 is 1.36 bits per heavy atom. The van der Waals surface area contributed by atoms with E-state index in [1.807, 2.05) is 42.1 Å². The molecule has 0 saturated carbocycles. The summed E-state index contributed by atoms with van der Waals surface area (Å²) in [5.41, 5.74) is 2.16. The first-order valence-electron chi connectivity index (χ1n) is 4.46. The van der Waals surface area contributed by atoms with Crippen LogP contribution in [0.5, 0.6) is 0 Å². The fourth-order valence-electron chi connectivity index (χ4n) is 1.40. The number of aryl methyl sites for hydroxylation is 1. The predicted molar refractivity (Wildman–Crippen MR) is 57.5 cm³/mol. The molecule has 0 unspecified atom stereocenters. The summed E-state index contributed by atoms with van der Waals surface area (Å²) < 4.78 is 1.94. The van der Waals surface area contributed by atoms with E-state index in [2.05, 4.69) is 4.98 Å². The summed E-state index contributed by atoms with van der Waals surface area (Å²) in [6.07, 6.45) is 4.59. The summed E-state index contributed by atoms with van der Waals surface area (Å²) in [5.74, 6) is 0. The van der Waals surface area contributed by atoms with Crippen molar-refractivity contribution < 1.29 is 0 Å². The van der Waals surface area contributed by atoms with Crippen LogP contribution < -0.4 is 0 Å². The highest BCUT2D eigenvalue weighted by Crippen LogP contribution is 2.17. The smallest absolute Gasteiger partial charge is 0.0946 e. The lowest BCUT2D eigenvalue weighted by Gasteiger charge is -2.00. The summed E-state index contributed by atoms with van der Waals surface area (Å²) in [6, 6.07) is 7.85. The quantitative estimate of drug-likeness (QED) is 0.739. The first-order chi connectivity index (χ1) is 6.75. The minimum atomic E-state index is 0.792. The first kappa shape index (κ1) is 9.28. The molecule has 0 aliphatic rings. The van der Waals surface area contributed by atoms with Gasteiger partial charge in [-0.1, -0.05) is 29.8 Å². The molecule has 1 heterocycles. The van der Waals surface area contributed by atoms with E-state index in [0.29, 0.717) is 0 Å². The molecule has 72 valence electrons. The molecule has 0 aliphatic carbocycles. The zero-order valence-corrected chi connectivity index (χ0v) is 8.70. The molecule has 0 atom stereocenters. The Hall–Kier alpha value is -1.28. The van der Waals surface area contributed by atoms with E-state index in [1.165, 1.54) is 0 Å². The number of aromatic nitrogens is 2. The summed E-state index contributed by atoms with van der Waals surface area (Å²) in [7, 11) is 1.96. The lowest BCUT2D eigenvalue weighted by atomic mass is 10.1. The molecule has 0 aliphatic heterocycles. The Labute approximate surface area is 88.2 Å². The number of benzene rings is 1. The van der Waals surface area contributed by atoms with Gasteiger partial charge in [-0.05, 0) is 11.6 Å². The topological polar surface area (TPSA) is 17.8 Å². The van der Waals surface area contributed by atoms with Crippen LogP contribution in [0.25, 0.3) is 0 Å². The number of halogens is 1. The van der Waals surface area contributed by atoms with Crippen molar-refractivity contribution in [2.75, 3.05) is 0 Å². The van der Waals surface area contributed by atoms with Gasteiger partial charge in [0.1, 0.15) is 0 Å². The summed E-state index contributed by atoms with van der Waals surface area (Å²) >= 11 is 6.05. The molecule has 2 aromatic rings. The molecule has 14 heavy (non-hydrogen) atoms. The van der Waals surface area contributed by atoms with Crippen LogP contribution in [-0.4, -0.2) is 9.55 Å². The van der Waals surface area contributed by atoms with Gasteiger partial charge in [-0.3, -0.25) is 0 Å². The molecule has 0 spiro atoms. The molecule has 3 heteroatoms. The van der Waals surface area contributed by atoms with Gasteiger partial charge in [-0.2, -0.15) is 0 Å². The third-order valence-corrected chi connectivity index (χ3v) is 2.46. The SMILES string of the molecule is Cn1cnc(Cc2ccccc2Cl)c1. The van der Waals surface area contributed by atoms with E-state index >= 15 is 0 Å². The fraction of sp³-hybridized carbons (Fsp3) is 0.182. The van der Waals surface area contributed by atoms with E-state index in [-0.39, 0.29) is 0 Å². The third-order valence-electron chi connectivity index (χ3n) is 2.09. The van der Waals surface area contributed by atoms with E-state index in [1.54, 1.807) is 6.33 Å². The minimum absolute atomic E-state index is 0.792. The number of imidazole rings is 1. The van der Waals surface area contributed by atoms with Crippen molar-refractivity contribution in [2.24, 2.45) is 7.05 Å². The molecule has 0 bridgehead atoms. The second-order valence-corrected chi connectivity index (χ2v) is 3.71. The maximum atomic E-state index is 6.05. The van der Waals surface area contributed by atoms with Crippen LogP contribution in [0.4, 0.5) is 0 Å². The summed E-state index contributed by atoms with van der Waals surface area (Å²) in [4.78, 5) is 4.26. The van der Waals surface area contributed by atoms with Gasteiger partial charge in [0.05, 0.1) is 12.0 Å². The minimum Gasteiger partial charge on any atom is -0.340 e. The van der Waals surface area contributed by atoms with Crippen molar-refractivity contribution in [1.82, 2.24) is 9.55 Å². The number of hydrogen-bond donors (Lipinski definition) is 0. The third kappa shape index (κ3) is 1.96. The Morgan fingerprint density at radius 2 is 2.14 bits per heavy atom. The average Bonchev–Trinajstić information content (AvgIpc) is 2.56. The fourth-order valence-corrected chi connectivity index (χ4v) is 1.60. The maximum Gasteiger partial charge on any atom is 0.0946 e. The van der Waals surface area contributed by atoms with Crippen LogP contribution in [0, 0.1) is 0 Å². The molecule has 1 aromatic carbocycles. The standard InChI is InChI=1S/C11H11ClN2/c1-14-7-10(13-8-14)6-9-4-2-3-5-11(9)12/h2-5,7-8H,6H2,1H3. The predicted octanol–water partition coefficient (Wildman–Crippen LogP) is 2.66. The summed E-state index contributed by atoms with van der Waals surface area (Å²) in [6.45, 7) is 0. The molecular weight excluding hydrogens is 196 g/mol. The zero-order valence-electron chi connectivity index (χ0n) is 7.94. The van der Waals surface area contributed by atoms with E-state index in [0.717, 1.165) is 22.7 Å². The molecule has 0 amide bonds. The largest absolute Gasteiger partial charge is 0.340 e. The van der Waals surface area contributed by atoms with Gasteiger partial charge < -0.3 is 4.57 Å². The Kier molecular flexibility index (Phi) is 2.55. The monoisotopic (exact) mass is 206 g/mol. The lowest BCUT2D eigenvalue weighted by molar-refractivity contribution is 0.912. The highest BCUT2D eigenvalue weighted by atomic mass is 35.5. The molecule has 1 aromatic heterocycles. The molecular formula is C11H11ClN2. The molecule has 0 saturated heterocycles.